The molecule has 110 valence electrons. The van der Waals surface area contributed by atoms with Crippen molar-refractivity contribution in [2.75, 3.05) is 32.3 Å². The van der Waals surface area contributed by atoms with Crippen LogP contribution in [0.3, 0.4) is 0 Å². The van der Waals surface area contributed by atoms with Crippen LogP contribution in [0.1, 0.15) is 39.5 Å². The molecule has 0 amide bonds. The molecule has 0 bridgehead atoms. The van der Waals surface area contributed by atoms with Crippen LogP contribution < -0.4 is 0 Å². The molecule has 1 unspecified atom stereocenters. The second-order valence-corrected chi connectivity index (χ2v) is 5.24. The van der Waals surface area contributed by atoms with Crippen molar-refractivity contribution >= 4 is 21.6 Å². The Morgan fingerprint density at radius 2 is 1.94 bits per heavy atom. The first kappa shape index (κ1) is 18.3. The molecule has 18 heavy (non-hydrogen) atoms. The second kappa shape index (κ2) is 15.4. The number of hydrogen-bond acceptors (Lipinski definition) is 4. The number of halogens is 1. The number of hydrogen-bond donors (Lipinski definition) is 0. The first-order valence-electron chi connectivity index (χ1n) is 6.79. The van der Waals surface area contributed by atoms with Crippen molar-refractivity contribution in [1.29, 1.82) is 0 Å². The third-order valence-corrected chi connectivity index (χ3v) is 3.71. The van der Waals surface area contributed by atoms with Gasteiger partial charge in [-0.1, -0.05) is 0 Å². The molecule has 1 aliphatic rings. The zero-order chi connectivity index (χ0) is 13.5. The van der Waals surface area contributed by atoms with Crippen LogP contribution in [0.5, 0.6) is 0 Å². The summed E-state index contributed by atoms with van der Waals surface area (Å²) in [7, 11) is -0.589. The quantitative estimate of drug-likeness (QED) is 0.391. The maximum Gasteiger partial charge on any atom is 0.304 e. The van der Waals surface area contributed by atoms with E-state index in [4.69, 9.17) is 29.9 Å². The highest BCUT2D eigenvalue weighted by Crippen LogP contribution is 2.13. The van der Waals surface area contributed by atoms with Gasteiger partial charge in [-0.15, -0.1) is 11.6 Å². The van der Waals surface area contributed by atoms with Crippen LogP contribution in [0.15, 0.2) is 0 Å². The smallest absolute Gasteiger partial charge is 0.304 e. The Morgan fingerprint density at radius 1 is 1.22 bits per heavy atom. The number of alkyl halides is 1. The topological polar surface area (TPSA) is 36.9 Å². The molecule has 0 saturated carbocycles. The van der Waals surface area contributed by atoms with Crippen molar-refractivity contribution in [3.05, 3.63) is 0 Å². The van der Waals surface area contributed by atoms with Crippen LogP contribution in [0.4, 0.5) is 0 Å². The van der Waals surface area contributed by atoms with E-state index >= 15 is 0 Å². The van der Waals surface area contributed by atoms with Crippen molar-refractivity contribution in [3.8, 4) is 0 Å². The number of ether oxygens (including phenoxy) is 2. The van der Waals surface area contributed by atoms with Gasteiger partial charge in [0.15, 0.2) is 6.29 Å². The van der Waals surface area contributed by atoms with Gasteiger partial charge in [0, 0.05) is 25.7 Å². The molecule has 0 aromatic carbocycles. The average Bonchev–Trinajstić information content (AvgIpc) is 2.42. The highest BCUT2D eigenvalue weighted by molar-refractivity contribution is 6.18. The van der Waals surface area contributed by atoms with Crippen LogP contribution in [-0.4, -0.2) is 48.6 Å². The molecule has 1 rings (SSSR count). The lowest BCUT2D eigenvalue weighted by Gasteiger charge is -2.22. The van der Waals surface area contributed by atoms with Gasteiger partial charge in [0.1, 0.15) is 0 Å². The summed E-state index contributed by atoms with van der Waals surface area (Å²) >= 11 is 5.50. The van der Waals surface area contributed by atoms with Gasteiger partial charge in [0.05, 0.1) is 6.61 Å². The maximum atomic E-state index is 5.50. The summed E-state index contributed by atoms with van der Waals surface area (Å²) in [6.45, 7) is 7.14. The van der Waals surface area contributed by atoms with Crippen molar-refractivity contribution in [1.82, 2.24) is 0 Å². The largest absolute Gasteiger partial charge is 0.399 e. The van der Waals surface area contributed by atoms with Crippen LogP contribution in [0.2, 0.25) is 0 Å². The van der Waals surface area contributed by atoms with Gasteiger partial charge in [-0.25, -0.2) is 0 Å². The summed E-state index contributed by atoms with van der Waals surface area (Å²) in [5.41, 5.74) is 0. The lowest BCUT2D eigenvalue weighted by molar-refractivity contribution is -0.162. The van der Waals surface area contributed by atoms with Crippen LogP contribution >= 0.6 is 11.6 Å². The fraction of sp³-hybridized carbons (Fsp3) is 1.00. The molecule has 0 aliphatic carbocycles. The van der Waals surface area contributed by atoms with E-state index in [9.17, 15) is 0 Å². The Balaban J connectivity index is 0.000000360. The monoisotopic (exact) mass is 298 g/mol. The maximum absolute atomic E-state index is 5.50. The minimum Gasteiger partial charge on any atom is -0.399 e. The summed E-state index contributed by atoms with van der Waals surface area (Å²) < 4.78 is 20.8. The van der Waals surface area contributed by atoms with Crippen LogP contribution in [0, 0.1) is 0 Å². The molecule has 0 radical (unpaired) electrons. The molecular weight excluding hydrogens is 272 g/mol. The minimum atomic E-state index is -0.589. The average molecular weight is 299 g/mol. The molecule has 1 atom stereocenters. The summed E-state index contributed by atoms with van der Waals surface area (Å²) in [5, 5.41) is 0. The highest BCUT2D eigenvalue weighted by Gasteiger charge is 2.12. The van der Waals surface area contributed by atoms with Gasteiger partial charge in [-0.05, 0) is 39.5 Å². The van der Waals surface area contributed by atoms with Gasteiger partial charge in [-0.2, -0.15) is 0 Å². The van der Waals surface area contributed by atoms with Gasteiger partial charge < -0.3 is 18.3 Å². The van der Waals surface area contributed by atoms with Crippen molar-refractivity contribution in [2.24, 2.45) is 0 Å². The molecule has 1 aliphatic heterocycles. The molecular formula is C12H27ClO4Si. The Kier molecular flexibility index (Phi) is 15.7. The van der Waals surface area contributed by atoms with Gasteiger partial charge >= 0.3 is 10.0 Å². The molecule has 1 saturated heterocycles. The third kappa shape index (κ3) is 12.8. The first-order chi connectivity index (χ1) is 8.85. The van der Waals surface area contributed by atoms with E-state index < -0.39 is 10.0 Å². The molecule has 0 N–H and O–H groups in total. The molecule has 1 fully saturated rings. The van der Waals surface area contributed by atoms with Crippen LogP contribution in [0.25, 0.3) is 0 Å². The lowest BCUT2D eigenvalue weighted by Crippen LogP contribution is -2.22. The lowest BCUT2D eigenvalue weighted by atomic mass is 10.2. The SMILES string of the molecule is CCO[SiH2]OCC.ClCCCOC1CCCCO1. The zero-order valence-electron chi connectivity index (χ0n) is 11.7. The Bertz CT molecular complexity index is 153. The van der Waals surface area contributed by atoms with E-state index in [2.05, 4.69) is 0 Å². The molecule has 0 spiro atoms. The fourth-order valence-corrected chi connectivity index (χ4v) is 1.90. The zero-order valence-corrected chi connectivity index (χ0v) is 13.8. The Labute approximate surface area is 118 Å². The molecule has 0 aromatic rings. The summed E-state index contributed by atoms with van der Waals surface area (Å²) in [6, 6.07) is 0. The minimum absolute atomic E-state index is 0.0481. The molecule has 6 heteroatoms. The summed E-state index contributed by atoms with van der Waals surface area (Å²) in [6.07, 6.45) is 4.41. The van der Waals surface area contributed by atoms with Crippen molar-refractivity contribution in [3.63, 3.8) is 0 Å². The van der Waals surface area contributed by atoms with Gasteiger partial charge in [0.2, 0.25) is 0 Å². The normalized spacial score (nSPS) is 19.2. The van der Waals surface area contributed by atoms with E-state index in [1.807, 2.05) is 13.8 Å². The second-order valence-electron chi connectivity index (χ2n) is 3.81. The van der Waals surface area contributed by atoms with Gasteiger partial charge in [0.25, 0.3) is 0 Å². The first-order valence-corrected chi connectivity index (χ1v) is 8.48. The predicted molar refractivity (Wildman–Crippen MR) is 76.7 cm³/mol. The number of rotatable bonds is 8. The standard InChI is InChI=1S/C8H15ClO2.C4H12O2Si/c9-5-3-7-11-8-4-1-2-6-10-8;1-3-5-7-6-4-2/h8H,1-7H2;3-4,7H2,1-2H3. The molecule has 4 nitrogen and oxygen atoms in total. The van der Waals surface area contributed by atoms with Crippen LogP contribution in [-0.2, 0) is 18.3 Å². The van der Waals surface area contributed by atoms with E-state index in [1.165, 1.54) is 12.8 Å². The highest BCUT2D eigenvalue weighted by atomic mass is 35.5. The Hall–Kier alpha value is 0.347. The third-order valence-electron chi connectivity index (χ3n) is 2.29. The summed E-state index contributed by atoms with van der Waals surface area (Å²) in [5.74, 6) is 0.673. The van der Waals surface area contributed by atoms with E-state index in [-0.39, 0.29) is 6.29 Å². The molecule has 1 heterocycles. The predicted octanol–water partition coefficient (Wildman–Crippen LogP) is 2.22. The van der Waals surface area contributed by atoms with Gasteiger partial charge in [-0.3, -0.25) is 0 Å². The van der Waals surface area contributed by atoms with E-state index in [1.54, 1.807) is 0 Å². The fourth-order valence-electron chi connectivity index (χ4n) is 1.34. The van der Waals surface area contributed by atoms with Crippen molar-refractivity contribution < 1.29 is 18.3 Å². The molecule has 0 aromatic heterocycles. The van der Waals surface area contributed by atoms with E-state index in [0.29, 0.717) is 5.88 Å². The summed E-state index contributed by atoms with van der Waals surface area (Å²) in [4.78, 5) is 0. The Morgan fingerprint density at radius 3 is 2.44 bits per heavy atom. The van der Waals surface area contributed by atoms with Crippen molar-refractivity contribution in [2.45, 2.75) is 45.8 Å². The van der Waals surface area contributed by atoms with E-state index in [0.717, 1.165) is 39.3 Å².